The van der Waals surface area contributed by atoms with Crippen molar-refractivity contribution < 1.29 is 9.59 Å². The summed E-state index contributed by atoms with van der Waals surface area (Å²) in [6.45, 7) is 3.59. The van der Waals surface area contributed by atoms with Crippen LogP contribution in [0.15, 0.2) is 102 Å². The molecule has 0 atom stereocenters. The first kappa shape index (κ1) is 21.8. The van der Waals surface area contributed by atoms with Crippen LogP contribution < -0.4 is 4.90 Å². The van der Waals surface area contributed by atoms with E-state index in [1.165, 1.54) is 0 Å². The maximum Gasteiger partial charge on any atom is 0.271 e. The van der Waals surface area contributed by atoms with Gasteiger partial charge in [0.1, 0.15) is 11.6 Å². The van der Waals surface area contributed by atoms with Crippen LogP contribution in [0.3, 0.4) is 0 Å². The Balaban J connectivity index is 1.74. The van der Waals surface area contributed by atoms with Crippen molar-refractivity contribution in [1.82, 2.24) is 4.90 Å². The van der Waals surface area contributed by atoms with E-state index in [2.05, 4.69) is 29.2 Å². The number of hydrogen-bond acceptors (Lipinski definition) is 4. The number of carbonyl (C=O) groups excluding carboxylic acids is 2. The second-order valence-corrected chi connectivity index (χ2v) is 7.62. The van der Waals surface area contributed by atoms with Crippen molar-refractivity contribution in [3.05, 3.63) is 107 Å². The van der Waals surface area contributed by atoms with Crippen LogP contribution in [0.5, 0.6) is 0 Å². The molecule has 3 aromatic carbocycles. The summed E-state index contributed by atoms with van der Waals surface area (Å²) < 4.78 is 0. The number of amides is 2. The van der Waals surface area contributed by atoms with Gasteiger partial charge < -0.3 is 4.90 Å². The number of imide groups is 1. The number of nitriles is 1. The van der Waals surface area contributed by atoms with Gasteiger partial charge in [-0.2, -0.15) is 5.26 Å². The molecule has 33 heavy (non-hydrogen) atoms. The van der Waals surface area contributed by atoms with Crippen LogP contribution in [-0.4, -0.2) is 23.3 Å². The van der Waals surface area contributed by atoms with E-state index in [1.54, 1.807) is 19.9 Å². The van der Waals surface area contributed by atoms with E-state index in [0.29, 0.717) is 11.1 Å². The molecule has 4 rings (SSSR count). The summed E-state index contributed by atoms with van der Waals surface area (Å²) in [5, 5.41) is 9.43. The molecule has 5 nitrogen and oxygen atoms in total. The lowest BCUT2D eigenvalue weighted by molar-refractivity contribution is -0.140. The minimum absolute atomic E-state index is 0.0126. The first-order chi connectivity index (χ1) is 16.0. The molecule has 0 spiro atoms. The highest BCUT2D eigenvalue weighted by Gasteiger charge is 2.34. The standard InChI is InChI=1S/C28H23N3O2/c1-3-30-27(32)25(20(2)26(19-29)28(30)33)18-21-14-16-24(17-15-21)31(22-10-6-4-7-11-22)23-12-8-5-9-13-23/h4-18H,3H2,1-2H3/b25-18-. The number of benzene rings is 3. The molecule has 0 fully saturated rings. The van der Waals surface area contributed by atoms with Gasteiger partial charge in [-0.05, 0) is 67.5 Å². The Kier molecular flexibility index (Phi) is 6.19. The molecule has 1 heterocycles. The first-order valence-corrected chi connectivity index (χ1v) is 10.7. The van der Waals surface area contributed by atoms with E-state index in [9.17, 15) is 14.9 Å². The summed E-state index contributed by atoms with van der Waals surface area (Å²) in [5.74, 6) is -0.908. The molecule has 0 N–H and O–H groups in total. The highest BCUT2D eigenvalue weighted by Crippen LogP contribution is 2.34. The van der Waals surface area contributed by atoms with Crippen molar-refractivity contribution in [3.8, 4) is 6.07 Å². The van der Waals surface area contributed by atoms with Crippen LogP contribution in [-0.2, 0) is 9.59 Å². The van der Waals surface area contributed by atoms with Gasteiger partial charge in [0.15, 0.2) is 0 Å². The van der Waals surface area contributed by atoms with Crippen molar-refractivity contribution in [2.45, 2.75) is 13.8 Å². The molecule has 2 amide bonds. The van der Waals surface area contributed by atoms with Gasteiger partial charge in [-0.1, -0.05) is 48.5 Å². The molecular weight excluding hydrogens is 410 g/mol. The Hall–Kier alpha value is -4.43. The number of nitrogens with zero attached hydrogens (tertiary/aromatic N) is 3. The highest BCUT2D eigenvalue weighted by atomic mass is 16.2. The monoisotopic (exact) mass is 433 g/mol. The van der Waals surface area contributed by atoms with Crippen molar-refractivity contribution in [2.75, 3.05) is 11.4 Å². The molecule has 0 aromatic heterocycles. The normalized spacial score (nSPS) is 15.1. The summed E-state index contributed by atoms with van der Waals surface area (Å²) >= 11 is 0. The smallest absolute Gasteiger partial charge is 0.271 e. The van der Waals surface area contributed by atoms with Crippen molar-refractivity contribution in [3.63, 3.8) is 0 Å². The molecule has 162 valence electrons. The third-order valence-corrected chi connectivity index (χ3v) is 5.63. The SMILES string of the molecule is CCN1C(=O)C(C#N)=C(C)/C(=C/c2ccc(N(c3ccccc3)c3ccccc3)cc2)C1=O. The molecule has 0 bridgehead atoms. The number of carbonyl (C=O) groups is 2. The topological polar surface area (TPSA) is 64.4 Å². The zero-order chi connectivity index (χ0) is 23.4. The zero-order valence-electron chi connectivity index (χ0n) is 18.5. The van der Waals surface area contributed by atoms with E-state index in [-0.39, 0.29) is 18.0 Å². The van der Waals surface area contributed by atoms with Crippen LogP contribution >= 0.6 is 0 Å². The number of para-hydroxylation sites is 2. The molecule has 3 aromatic rings. The van der Waals surface area contributed by atoms with Crippen LogP contribution in [0, 0.1) is 11.3 Å². The van der Waals surface area contributed by atoms with Crippen LogP contribution in [0.4, 0.5) is 17.1 Å². The number of hydrogen-bond donors (Lipinski definition) is 0. The maximum absolute atomic E-state index is 12.9. The van der Waals surface area contributed by atoms with E-state index in [1.807, 2.05) is 66.7 Å². The Morgan fingerprint density at radius 2 is 1.33 bits per heavy atom. The van der Waals surface area contributed by atoms with Crippen LogP contribution in [0.1, 0.15) is 19.4 Å². The minimum atomic E-state index is -0.531. The lowest BCUT2D eigenvalue weighted by Gasteiger charge is -2.26. The fraction of sp³-hybridized carbons (Fsp3) is 0.107. The lowest BCUT2D eigenvalue weighted by Crippen LogP contribution is -2.42. The van der Waals surface area contributed by atoms with Gasteiger partial charge in [-0.3, -0.25) is 14.5 Å². The number of likely N-dealkylation sites (N-methyl/N-ethyl adjacent to an activating group) is 1. The fourth-order valence-corrected chi connectivity index (χ4v) is 3.90. The van der Waals surface area contributed by atoms with Crippen molar-refractivity contribution in [1.29, 1.82) is 5.26 Å². The minimum Gasteiger partial charge on any atom is -0.311 e. The third kappa shape index (κ3) is 4.19. The average Bonchev–Trinajstić information content (AvgIpc) is 2.85. The molecule has 0 unspecified atom stereocenters. The lowest BCUT2D eigenvalue weighted by atomic mass is 9.93. The molecular formula is C28H23N3O2. The quantitative estimate of drug-likeness (QED) is 0.379. The summed E-state index contributed by atoms with van der Waals surface area (Å²) in [6.07, 6.45) is 1.74. The molecule has 0 saturated heterocycles. The molecule has 0 aliphatic carbocycles. The van der Waals surface area contributed by atoms with E-state index >= 15 is 0 Å². The summed E-state index contributed by atoms with van der Waals surface area (Å²) in [7, 11) is 0. The Morgan fingerprint density at radius 1 is 0.818 bits per heavy atom. The van der Waals surface area contributed by atoms with Gasteiger partial charge >= 0.3 is 0 Å². The molecule has 1 aliphatic rings. The Morgan fingerprint density at radius 3 is 1.82 bits per heavy atom. The Labute approximate surface area is 193 Å². The zero-order valence-corrected chi connectivity index (χ0v) is 18.5. The Bertz CT molecular complexity index is 1240. The van der Waals surface area contributed by atoms with Crippen LogP contribution in [0.25, 0.3) is 6.08 Å². The average molecular weight is 434 g/mol. The maximum atomic E-state index is 12.9. The van der Waals surface area contributed by atoms with Gasteiger partial charge in [0, 0.05) is 29.2 Å². The highest BCUT2D eigenvalue weighted by molar-refractivity contribution is 6.19. The molecule has 5 heteroatoms. The van der Waals surface area contributed by atoms with Gasteiger partial charge in [0.05, 0.1) is 0 Å². The number of rotatable bonds is 5. The molecule has 0 radical (unpaired) electrons. The summed E-state index contributed by atoms with van der Waals surface area (Å²) in [4.78, 5) is 28.5. The van der Waals surface area contributed by atoms with E-state index in [4.69, 9.17) is 0 Å². The second-order valence-electron chi connectivity index (χ2n) is 7.62. The summed E-state index contributed by atoms with van der Waals surface area (Å²) in [5.41, 5.74) is 4.64. The van der Waals surface area contributed by atoms with E-state index < -0.39 is 5.91 Å². The van der Waals surface area contributed by atoms with Gasteiger partial charge in [-0.15, -0.1) is 0 Å². The van der Waals surface area contributed by atoms with Gasteiger partial charge in [0.25, 0.3) is 11.8 Å². The second kappa shape index (κ2) is 9.37. The number of anilines is 3. The first-order valence-electron chi connectivity index (χ1n) is 10.7. The fourth-order valence-electron chi connectivity index (χ4n) is 3.90. The van der Waals surface area contributed by atoms with Crippen molar-refractivity contribution >= 4 is 35.0 Å². The largest absolute Gasteiger partial charge is 0.311 e. The predicted molar refractivity (Wildman–Crippen MR) is 130 cm³/mol. The summed E-state index contributed by atoms with van der Waals surface area (Å²) in [6, 6.07) is 30.0. The molecule has 0 saturated carbocycles. The third-order valence-electron chi connectivity index (χ3n) is 5.63. The molecule has 1 aliphatic heterocycles. The van der Waals surface area contributed by atoms with Gasteiger partial charge in [-0.25, -0.2) is 0 Å². The van der Waals surface area contributed by atoms with Crippen LogP contribution in [0.2, 0.25) is 0 Å². The predicted octanol–water partition coefficient (Wildman–Crippen LogP) is 5.77. The van der Waals surface area contributed by atoms with Gasteiger partial charge in [0.2, 0.25) is 0 Å². The van der Waals surface area contributed by atoms with E-state index in [0.717, 1.165) is 27.5 Å². The van der Waals surface area contributed by atoms with Crippen molar-refractivity contribution in [2.24, 2.45) is 0 Å².